The highest BCUT2D eigenvalue weighted by Crippen LogP contribution is 2.32. The van der Waals surface area contributed by atoms with Crippen LogP contribution in [-0.4, -0.2) is 50.1 Å². The first kappa shape index (κ1) is 21.6. The summed E-state index contributed by atoms with van der Waals surface area (Å²) in [6.07, 6.45) is 0.824. The number of ether oxygens (including phenoxy) is 2. The smallest absolute Gasteiger partial charge is 0.238 e. The molecule has 0 saturated heterocycles. The highest BCUT2D eigenvalue weighted by Gasteiger charge is 2.15. The van der Waals surface area contributed by atoms with Crippen molar-refractivity contribution in [2.45, 2.75) is 27.2 Å². The van der Waals surface area contributed by atoms with E-state index in [1.807, 2.05) is 32.9 Å². The fourth-order valence-corrected chi connectivity index (χ4v) is 3.54. The van der Waals surface area contributed by atoms with E-state index >= 15 is 0 Å². The summed E-state index contributed by atoms with van der Waals surface area (Å²) in [6.45, 7) is 7.38. The lowest BCUT2D eigenvalue weighted by molar-refractivity contribution is -0.119. The predicted molar refractivity (Wildman–Crippen MR) is 117 cm³/mol. The van der Waals surface area contributed by atoms with E-state index in [4.69, 9.17) is 9.47 Å². The Morgan fingerprint density at radius 3 is 2.17 bits per heavy atom. The first-order chi connectivity index (χ1) is 14.3. The molecule has 0 radical (unpaired) electrons. The molecule has 160 valence electrons. The van der Waals surface area contributed by atoms with Gasteiger partial charge >= 0.3 is 0 Å². The average Bonchev–Trinajstić information content (AvgIpc) is 2.89. The Bertz CT molecular complexity index is 919. The molecular formula is C23H29N3O4. The SMILES string of the molecule is Cc1cc(C)c(NC(=O)CN(C)CC(=O)Nc2ccc3c(c2)OCCCO3)c(C)c1. The van der Waals surface area contributed by atoms with Crippen molar-refractivity contribution in [1.29, 1.82) is 0 Å². The van der Waals surface area contributed by atoms with Crippen LogP contribution in [0, 0.1) is 20.8 Å². The largest absolute Gasteiger partial charge is 0.490 e. The van der Waals surface area contributed by atoms with Crippen molar-refractivity contribution >= 4 is 23.2 Å². The summed E-state index contributed by atoms with van der Waals surface area (Å²) in [5, 5.41) is 5.80. The summed E-state index contributed by atoms with van der Waals surface area (Å²) in [5.74, 6) is 0.946. The van der Waals surface area contributed by atoms with Gasteiger partial charge in [0, 0.05) is 23.9 Å². The molecule has 2 aromatic rings. The van der Waals surface area contributed by atoms with Gasteiger partial charge in [0.05, 0.1) is 26.3 Å². The zero-order valence-electron chi connectivity index (χ0n) is 18.0. The van der Waals surface area contributed by atoms with E-state index in [-0.39, 0.29) is 24.9 Å². The van der Waals surface area contributed by atoms with Gasteiger partial charge in [0.25, 0.3) is 0 Å². The van der Waals surface area contributed by atoms with Crippen molar-refractivity contribution in [2.75, 3.05) is 44.0 Å². The van der Waals surface area contributed by atoms with Crippen LogP contribution in [0.15, 0.2) is 30.3 Å². The molecule has 2 N–H and O–H groups in total. The minimum Gasteiger partial charge on any atom is -0.490 e. The van der Waals surface area contributed by atoms with Crippen LogP contribution in [0.1, 0.15) is 23.1 Å². The number of carbonyl (C=O) groups is 2. The minimum absolute atomic E-state index is 0.0910. The van der Waals surface area contributed by atoms with Gasteiger partial charge in [-0.3, -0.25) is 14.5 Å². The molecule has 0 unspecified atom stereocenters. The lowest BCUT2D eigenvalue weighted by atomic mass is 10.1. The van der Waals surface area contributed by atoms with Crippen molar-refractivity contribution in [3.8, 4) is 11.5 Å². The summed E-state index contributed by atoms with van der Waals surface area (Å²) >= 11 is 0. The predicted octanol–water partition coefficient (Wildman–Crippen LogP) is 3.28. The van der Waals surface area contributed by atoms with Crippen LogP contribution in [0.3, 0.4) is 0 Å². The van der Waals surface area contributed by atoms with Crippen LogP contribution < -0.4 is 20.1 Å². The van der Waals surface area contributed by atoms with E-state index in [9.17, 15) is 9.59 Å². The van der Waals surface area contributed by atoms with Crippen molar-refractivity contribution in [2.24, 2.45) is 0 Å². The molecule has 0 atom stereocenters. The van der Waals surface area contributed by atoms with Gasteiger partial charge in [-0.2, -0.15) is 0 Å². The molecule has 3 rings (SSSR count). The Kier molecular flexibility index (Phi) is 6.95. The van der Waals surface area contributed by atoms with Gasteiger partial charge in [-0.25, -0.2) is 0 Å². The fraction of sp³-hybridized carbons (Fsp3) is 0.391. The lowest BCUT2D eigenvalue weighted by Crippen LogP contribution is -2.36. The van der Waals surface area contributed by atoms with Crippen LogP contribution >= 0.6 is 0 Å². The number of anilines is 2. The number of rotatable bonds is 6. The van der Waals surface area contributed by atoms with Gasteiger partial charge in [-0.15, -0.1) is 0 Å². The van der Waals surface area contributed by atoms with Gasteiger partial charge in [0.15, 0.2) is 11.5 Å². The van der Waals surface area contributed by atoms with Crippen molar-refractivity contribution in [3.63, 3.8) is 0 Å². The maximum absolute atomic E-state index is 12.4. The Morgan fingerprint density at radius 2 is 1.50 bits per heavy atom. The highest BCUT2D eigenvalue weighted by atomic mass is 16.5. The molecule has 0 aromatic heterocycles. The third-order valence-corrected chi connectivity index (χ3v) is 4.80. The second-order valence-corrected chi connectivity index (χ2v) is 7.75. The number of likely N-dealkylation sites (N-methyl/N-ethyl adjacent to an activating group) is 1. The molecule has 2 amide bonds. The first-order valence-electron chi connectivity index (χ1n) is 10.1. The molecule has 2 aromatic carbocycles. The highest BCUT2D eigenvalue weighted by molar-refractivity contribution is 5.95. The molecule has 1 aliphatic rings. The van der Waals surface area contributed by atoms with Gasteiger partial charge in [0.1, 0.15) is 0 Å². The number of hydrogen-bond donors (Lipinski definition) is 2. The normalized spacial score (nSPS) is 13.0. The van der Waals surface area contributed by atoms with Crippen LogP contribution in [0.25, 0.3) is 0 Å². The number of nitrogens with one attached hydrogen (secondary N) is 2. The van der Waals surface area contributed by atoms with Crippen molar-refractivity contribution < 1.29 is 19.1 Å². The Hall–Kier alpha value is -3.06. The second-order valence-electron chi connectivity index (χ2n) is 7.75. The molecule has 0 saturated carbocycles. The van der Waals surface area contributed by atoms with Crippen molar-refractivity contribution in [1.82, 2.24) is 4.90 Å². The van der Waals surface area contributed by atoms with Gasteiger partial charge in [-0.05, 0) is 51.1 Å². The summed E-state index contributed by atoms with van der Waals surface area (Å²) in [5.41, 5.74) is 4.67. The number of amides is 2. The monoisotopic (exact) mass is 411 g/mol. The van der Waals surface area contributed by atoms with Crippen LogP contribution in [-0.2, 0) is 9.59 Å². The van der Waals surface area contributed by atoms with Gasteiger partial charge < -0.3 is 20.1 Å². The van der Waals surface area contributed by atoms with E-state index in [1.54, 1.807) is 30.1 Å². The number of fused-ring (bicyclic) bond motifs is 1. The quantitative estimate of drug-likeness (QED) is 0.763. The van der Waals surface area contributed by atoms with Gasteiger partial charge in [-0.1, -0.05) is 17.7 Å². The zero-order chi connectivity index (χ0) is 21.7. The number of aryl methyl sites for hydroxylation is 3. The topological polar surface area (TPSA) is 79.9 Å². The first-order valence-corrected chi connectivity index (χ1v) is 10.1. The van der Waals surface area contributed by atoms with E-state index < -0.39 is 0 Å². The van der Waals surface area contributed by atoms with Crippen LogP contribution in [0.4, 0.5) is 11.4 Å². The molecular weight excluding hydrogens is 382 g/mol. The molecule has 0 bridgehead atoms. The Morgan fingerprint density at radius 1 is 0.900 bits per heavy atom. The number of carbonyl (C=O) groups excluding carboxylic acids is 2. The average molecular weight is 412 g/mol. The molecule has 7 heteroatoms. The zero-order valence-corrected chi connectivity index (χ0v) is 18.0. The second kappa shape index (κ2) is 9.63. The maximum Gasteiger partial charge on any atom is 0.238 e. The number of hydrogen-bond acceptors (Lipinski definition) is 5. The summed E-state index contributed by atoms with van der Waals surface area (Å²) in [6, 6.07) is 9.40. The fourth-order valence-electron chi connectivity index (χ4n) is 3.54. The molecule has 0 spiro atoms. The number of benzene rings is 2. The number of nitrogens with zero attached hydrogens (tertiary/aromatic N) is 1. The molecule has 1 heterocycles. The molecule has 30 heavy (non-hydrogen) atoms. The Labute approximate surface area is 177 Å². The molecule has 7 nitrogen and oxygen atoms in total. The molecule has 1 aliphatic heterocycles. The van der Waals surface area contributed by atoms with Crippen LogP contribution in [0.5, 0.6) is 11.5 Å². The third-order valence-electron chi connectivity index (χ3n) is 4.80. The lowest BCUT2D eigenvalue weighted by Gasteiger charge is -2.18. The van der Waals surface area contributed by atoms with Crippen molar-refractivity contribution in [3.05, 3.63) is 47.0 Å². The summed E-state index contributed by atoms with van der Waals surface area (Å²) < 4.78 is 11.2. The Balaban J connectivity index is 1.52. The third kappa shape index (κ3) is 5.73. The van der Waals surface area contributed by atoms with Gasteiger partial charge in [0.2, 0.25) is 11.8 Å². The molecule has 0 fully saturated rings. The van der Waals surface area contributed by atoms with E-state index in [0.29, 0.717) is 30.4 Å². The summed E-state index contributed by atoms with van der Waals surface area (Å²) in [7, 11) is 1.74. The maximum atomic E-state index is 12.4. The van der Waals surface area contributed by atoms with E-state index in [1.165, 1.54) is 0 Å². The molecule has 0 aliphatic carbocycles. The summed E-state index contributed by atoms with van der Waals surface area (Å²) in [4.78, 5) is 26.5. The standard InChI is InChI=1S/C23H29N3O4/c1-15-10-16(2)23(17(3)11-15)25-22(28)14-26(4)13-21(27)24-18-6-7-19-20(12-18)30-9-5-8-29-19/h6-7,10-12H,5,8-9,13-14H2,1-4H3,(H,24,27)(H,25,28). The van der Waals surface area contributed by atoms with E-state index in [2.05, 4.69) is 10.6 Å². The minimum atomic E-state index is -0.206. The van der Waals surface area contributed by atoms with Crippen LogP contribution in [0.2, 0.25) is 0 Å². The van der Waals surface area contributed by atoms with E-state index in [0.717, 1.165) is 28.8 Å².